The highest BCUT2D eigenvalue weighted by Crippen LogP contribution is 2.10. The summed E-state index contributed by atoms with van der Waals surface area (Å²) in [6.45, 7) is -0.121. The fourth-order valence-corrected chi connectivity index (χ4v) is 1.01. The maximum absolute atomic E-state index is 13.0. The van der Waals surface area contributed by atoms with Crippen LogP contribution in [0, 0.1) is 23.0 Å². The molecule has 15 heavy (non-hydrogen) atoms. The number of carbonyl (C=O) groups is 1. The second kappa shape index (κ2) is 5.05. The Kier molecular flexibility index (Phi) is 3.75. The van der Waals surface area contributed by atoms with Crippen LogP contribution in [0.1, 0.15) is 12.0 Å². The molecule has 0 atom stereocenters. The fraction of sp³-hybridized carbons (Fsp3) is 0.200. The van der Waals surface area contributed by atoms with E-state index < -0.39 is 17.5 Å². The topological polar surface area (TPSA) is 52.9 Å². The summed E-state index contributed by atoms with van der Waals surface area (Å²) in [6, 6.07) is 5.36. The largest absolute Gasteiger partial charge is 0.351 e. The normalized spacial score (nSPS) is 9.40. The molecule has 78 valence electrons. The van der Waals surface area contributed by atoms with E-state index in [-0.39, 0.29) is 18.5 Å². The number of benzene rings is 1. The highest BCUT2D eigenvalue weighted by atomic mass is 19.2. The maximum atomic E-state index is 13.0. The summed E-state index contributed by atoms with van der Waals surface area (Å²) in [4.78, 5) is 10.9. The van der Waals surface area contributed by atoms with Gasteiger partial charge in [0.15, 0.2) is 11.6 Å². The van der Waals surface area contributed by atoms with Gasteiger partial charge in [-0.1, -0.05) is 12.1 Å². The number of nitrogens with zero attached hydrogens (tertiary/aromatic N) is 1. The number of amides is 1. The molecule has 0 radical (unpaired) electrons. The molecule has 0 unspecified atom stereocenters. The van der Waals surface area contributed by atoms with Crippen LogP contribution in [0.3, 0.4) is 0 Å². The number of hydrogen-bond acceptors (Lipinski definition) is 2. The molecule has 3 nitrogen and oxygen atoms in total. The number of nitriles is 1. The molecule has 0 saturated heterocycles. The summed E-state index contributed by atoms with van der Waals surface area (Å²) in [6.07, 6.45) is -0.295. The van der Waals surface area contributed by atoms with E-state index in [9.17, 15) is 13.6 Å². The first-order valence-electron chi connectivity index (χ1n) is 4.21. The SMILES string of the molecule is N#CCC(=O)NCc1cccc(F)c1F. The monoisotopic (exact) mass is 210 g/mol. The smallest absolute Gasteiger partial charge is 0.234 e. The standard InChI is InChI=1S/C10H8F2N2O/c11-8-3-1-2-7(10(8)12)6-14-9(15)4-5-13/h1-3H,4,6H2,(H,14,15). The number of rotatable bonds is 3. The van der Waals surface area contributed by atoms with E-state index in [4.69, 9.17) is 5.26 Å². The summed E-state index contributed by atoms with van der Waals surface area (Å²) in [7, 11) is 0. The predicted octanol–water partition coefficient (Wildman–Crippen LogP) is 1.49. The summed E-state index contributed by atoms with van der Waals surface area (Å²) >= 11 is 0. The van der Waals surface area contributed by atoms with E-state index in [1.165, 1.54) is 12.1 Å². The molecule has 0 heterocycles. The lowest BCUT2D eigenvalue weighted by atomic mass is 10.2. The maximum Gasteiger partial charge on any atom is 0.234 e. The molecule has 0 aliphatic rings. The molecule has 0 aliphatic heterocycles. The lowest BCUT2D eigenvalue weighted by Crippen LogP contribution is -2.22. The number of halogens is 2. The molecular weight excluding hydrogens is 202 g/mol. The molecule has 0 aliphatic carbocycles. The molecule has 1 amide bonds. The first kappa shape index (κ1) is 11.1. The van der Waals surface area contributed by atoms with Crippen LogP contribution < -0.4 is 5.32 Å². The van der Waals surface area contributed by atoms with Gasteiger partial charge in [-0.2, -0.15) is 5.26 Å². The van der Waals surface area contributed by atoms with Gasteiger partial charge in [0.05, 0.1) is 6.07 Å². The first-order valence-corrected chi connectivity index (χ1v) is 4.21. The minimum Gasteiger partial charge on any atom is -0.351 e. The summed E-state index contributed by atoms with van der Waals surface area (Å²) in [5, 5.41) is 10.5. The van der Waals surface area contributed by atoms with Crippen molar-refractivity contribution in [3.63, 3.8) is 0 Å². The zero-order valence-corrected chi connectivity index (χ0v) is 7.76. The van der Waals surface area contributed by atoms with E-state index in [0.29, 0.717) is 0 Å². The van der Waals surface area contributed by atoms with Crippen LogP contribution in [0.2, 0.25) is 0 Å². The Bertz CT molecular complexity index is 412. The van der Waals surface area contributed by atoms with Crippen molar-refractivity contribution in [1.82, 2.24) is 5.32 Å². The lowest BCUT2D eigenvalue weighted by molar-refractivity contribution is -0.120. The van der Waals surface area contributed by atoms with Crippen LogP contribution in [0.25, 0.3) is 0 Å². The van der Waals surface area contributed by atoms with Crippen LogP contribution in [-0.2, 0) is 11.3 Å². The Morgan fingerprint density at radius 1 is 1.47 bits per heavy atom. The van der Waals surface area contributed by atoms with E-state index in [2.05, 4.69) is 5.32 Å². The van der Waals surface area contributed by atoms with Crippen molar-refractivity contribution in [2.45, 2.75) is 13.0 Å². The number of carbonyl (C=O) groups excluding carboxylic acids is 1. The lowest BCUT2D eigenvalue weighted by Gasteiger charge is -2.04. The van der Waals surface area contributed by atoms with Gasteiger partial charge in [-0.15, -0.1) is 0 Å². The molecule has 0 spiro atoms. The average Bonchev–Trinajstić information content (AvgIpc) is 2.21. The van der Waals surface area contributed by atoms with Crippen molar-refractivity contribution in [1.29, 1.82) is 5.26 Å². The minimum absolute atomic E-state index is 0.0567. The van der Waals surface area contributed by atoms with Gasteiger partial charge in [-0.3, -0.25) is 4.79 Å². The van der Waals surface area contributed by atoms with Crippen LogP contribution in [0.15, 0.2) is 18.2 Å². The number of hydrogen-bond donors (Lipinski definition) is 1. The quantitative estimate of drug-likeness (QED) is 0.821. The zero-order valence-electron chi connectivity index (χ0n) is 7.76. The van der Waals surface area contributed by atoms with Gasteiger partial charge in [0.1, 0.15) is 6.42 Å². The molecule has 1 rings (SSSR count). The zero-order chi connectivity index (χ0) is 11.3. The van der Waals surface area contributed by atoms with Gasteiger partial charge in [0, 0.05) is 12.1 Å². The molecule has 0 bridgehead atoms. The van der Waals surface area contributed by atoms with Crippen molar-refractivity contribution >= 4 is 5.91 Å². The third-order valence-electron chi connectivity index (χ3n) is 1.75. The third kappa shape index (κ3) is 3.02. The molecule has 0 fully saturated rings. The van der Waals surface area contributed by atoms with Crippen LogP contribution >= 0.6 is 0 Å². The Hall–Kier alpha value is -1.96. The van der Waals surface area contributed by atoms with E-state index in [0.717, 1.165) is 6.07 Å². The molecule has 0 aromatic heterocycles. The molecule has 1 aromatic carbocycles. The van der Waals surface area contributed by atoms with Crippen molar-refractivity contribution in [2.75, 3.05) is 0 Å². The van der Waals surface area contributed by atoms with E-state index >= 15 is 0 Å². The van der Waals surface area contributed by atoms with Gasteiger partial charge in [-0.05, 0) is 6.07 Å². The highest BCUT2D eigenvalue weighted by Gasteiger charge is 2.08. The Balaban J connectivity index is 2.63. The Morgan fingerprint density at radius 3 is 2.87 bits per heavy atom. The van der Waals surface area contributed by atoms with Gasteiger partial charge >= 0.3 is 0 Å². The van der Waals surface area contributed by atoms with Gasteiger partial charge < -0.3 is 5.32 Å². The first-order chi connectivity index (χ1) is 7.15. The van der Waals surface area contributed by atoms with E-state index in [1.807, 2.05) is 0 Å². The second-order valence-corrected chi connectivity index (χ2v) is 2.82. The van der Waals surface area contributed by atoms with E-state index in [1.54, 1.807) is 6.07 Å². The highest BCUT2D eigenvalue weighted by molar-refractivity contribution is 5.77. The van der Waals surface area contributed by atoms with Crippen molar-refractivity contribution in [3.8, 4) is 6.07 Å². The van der Waals surface area contributed by atoms with Gasteiger partial charge in [0.2, 0.25) is 5.91 Å². The van der Waals surface area contributed by atoms with Gasteiger partial charge in [-0.25, -0.2) is 8.78 Å². The van der Waals surface area contributed by atoms with Crippen LogP contribution in [0.5, 0.6) is 0 Å². The van der Waals surface area contributed by atoms with Crippen molar-refractivity contribution < 1.29 is 13.6 Å². The fourth-order valence-electron chi connectivity index (χ4n) is 1.01. The molecule has 0 saturated carbocycles. The van der Waals surface area contributed by atoms with Crippen LogP contribution in [0.4, 0.5) is 8.78 Å². The minimum atomic E-state index is -0.977. The summed E-state index contributed by atoms with van der Waals surface area (Å²) in [5.74, 6) is -2.45. The Morgan fingerprint density at radius 2 is 2.20 bits per heavy atom. The summed E-state index contributed by atoms with van der Waals surface area (Å²) in [5.41, 5.74) is 0.0567. The van der Waals surface area contributed by atoms with Crippen molar-refractivity contribution in [2.24, 2.45) is 0 Å². The molecule has 1 aromatic rings. The van der Waals surface area contributed by atoms with Crippen LogP contribution in [-0.4, -0.2) is 5.91 Å². The molecular formula is C10H8F2N2O. The van der Waals surface area contributed by atoms with Gasteiger partial charge in [0.25, 0.3) is 0 Å². The molecule has 5 heteroatoms. The summed E-state index contributed by atoms with van der Waals surface area (Å²) < 4.78 is 25.8. The predicted molar refractivity (Wildman–Crippen MR) is 48.4 cm³/mol. The number of nitrogens with one attached hydrogen (secondary N) is 1. The third-order valence-corrected chi connectivity index (χ3v) is 1.75. The van der Waals surface area contributed by atoms with Crippen molar-refractivity contribution in [3.05, 3.63) is 35.4 Å². The average molecular weight is 210 g/mol. The second-order valence-electron chi connectivity index (χ2n) is 2.82. The Labute approximate surface area is 85.3 Å². The molecule has 1 N–H and O–H groups in total.